The van der Waals surface area contributed by atoms with E-state index in [4.69, 9.17) is 10.6 Å². The van der Waals surface area contributed by atoms with Gasteiger partial charge in [0.2, 0.25) is 0 Å². The molecule has 3 N–H and O–H groups in total. The Labute approximate surface area is 120 Å². The molecule has 0 radical (unpaired) electrons. The summed E-state index contributed by atoms with van der Waals surface area (Å²) < 4.78 is 45.5. The maximum absolute atomic E-state index is 13.9. The van der Waals surface area contributed by atoms with Gasteiger partial charge in [0.1, 0.15) is 5.75 Å². The van der Waals surface area contributed by atoms with Crippen molar-refractivity contribution in [2.24, 2.45) is 5.84 Å². The van der Waals surface area contributed by atoms with Gasteiger partial charge in [0.05, 0.1) is 12.6 Å². The summed E-state index contributed by atoms with van der Waals surface area (Å²) in [5.41, 5.74) is 2.94. The zero-order valence-corrected chi connectivity index (χ0v) is 11.4. The molecule has 0 aliphatic heterocycles. The molecule has 2 aromatic carbocycles. The third-order valence-corrected chi connectivity index (χ3v) is 3.07. The van der Waals surface area contributed by atoms with E-state index < -0.39 is 23.5 Å². The quantitative estimate of drug-likeness (QED) is 0.506. The number of ether oxygens (including phenoxy) is 1. The Balaban J connectivity index is 2.37. The molecule has 0 bridgehead atoms. The number of rotatable bonds is 5. The third kappa shape index (κ3) is 3.17. The smallest absolute Gasteiger partial charge is 0.194 e. The molecule has 1 atom stereocenters. The highest BCUT2D eigenvalue weighted by molar-refractivity contribution is 5.36. The normalized spacial score (nSPS) is 12.2. The first-order chi connectivity index (χ1) is 10.1. The Morgan fingerprint density at radius 3 is 2.29 bits per heavy atom. The summed E-state index contributed by atoms with van der Waals surface area (Å²) in [7, 11) is 0. The van der Waals surface area contributed by atoms with E-state index in [9.17, 15) is 13.2 Å². The van der Waals surface area contributed by atoms with E-state index in [1.807, 2.05) is 6.92 Å². The second-order valence-electron chi connectivity index (χ2n) is 4.37. The average Bonchev–Trinajstić information content (AvgIpc) is 2.50. The van der Waals surface area contributed by atoms with Crippen LogP contribution in [0.2, 0.25) is 0 Å². The summed E-state index contributed by atoms with van der Waals surface area (Å²) in [6.45, 7) is 2.38. The molecule has 112 valence electrons. The Bertz CT molecular complexity index is 617. The molecule has 2 aromatic rings. The molecule has 21 heavy (non-hydrogen) atoms. The van der Waals surface area contributed by atoms with Crippen molar-refractivity contribution < 1.29 is 17.9 Å². The lowest BCUT2D eigenvalue weighted by atomic mass is 9.98. The van der Waals surface area contributed by atoms with Gasteiger partial charge in [-0.2, -0.15) is 0 Å². The number of nitrogens with one attached hydrogen (secondary N) is 1. The van der Waals surface area contributed by atoms with Crippen molar-refractivity contribution in [1.29, 1.82) is 0 Å². The standard InChI is InChI=1S/C15H15F3N2O/c1-2-21-10-5-3-9(4-6-10)15(20-19)11-7-8-12(16)14(18)13(11)17/h3-8,15,20H,2,19H2,1H3. The predicted molar refractivity (Wildman–Crippen MR) is 73.1 cm³/mol. The molecule has 0 heterocycles. The van der Waals surface area contributed by atoms with Gasteiger partial charge in [0, 0.05) is 5.56 Å². The van der Waals surface area contributed by atoms with Gasteiger partial charge in [-0.15, -0.1) is 0 Å². The number of hydrazine groups is 1. The Kier molecular flexibility index (Phi) is 4.82. The van der Waals surface area contributed by atoms with Crippen molar-refractivity contribution in [1.82, 2.24) is 5.43 Å². The minimum atomic E-state index is -1.52. The molecule has 0 amide bonds. The first-order valence-electron chi connectivity index (χ1n) is 6.40. The van der Waals surface area contributed by atoms with E-state index in [2.05, 4.69) is 5.43 Å². The Morgan fingerprint density at radius 2 is 1.71 bits per heavy atom. The minimum Gasteiger partial charge on any atom is -0.494 e. The van der Waals surface area contributed by atoms with E-state index in [1.54, 1.807) is 24.3 Å². The maximum Gasteiger partial charge on any atom is 0.194 e. The van der Waals surface area contributed by atoms with E-state index >= 15 is 0 Å². The highest BCUT2D eigenvalue weighted by atomic mass is 19.2. The molecule has 0 spiro atoms. The van der Waals surface area contributed by atoms with Crippen LogP contribution < -0.4 is 16.0 Å². The van der Waals surface area contributed by atoms with Crippen LogP contribution in [0.15, 0.2) is 36.4 Å². The zero-order valence-electron chi connectivity index (χ0n) is 11.4. The molecule has 1 unspecified atom stereocenters. The SMILES string of the molecule is CCOc1ccc(C(NN)c2ccc(F)c(F)c2F)cc1. The maximum atomic E-state index is 13.9. The Morgan fingerprint density at radius 1 is 1.05 bits per heavy atom. The lowest BCUT2D eigenvalue weighted by Crippen LogP contribution is -2.29. The molecule has 0 aliphatic carbocycles. The van der Waals surface area contributed by atoms with Crippen LogP contribution in [-0.2, 0) is 0 Å². The van der Waals surface area contributed by atoms with Crippen LogP contribution in [0.4, 0.5) is 13.2 Å². The van der Waals surface area contributed by atoms with Crippen LogP contribution in [-0.4, -0.2) is 6.61 Å². The summed E-state index contributed by atoms with van der Waals surface area (Å²) in [6.07, 6.45) is 0. The van der Waals surface area contributed by atoms with E-state index in [0.29, 0.717) is 17.9 Å². The predicted octanol–water partition coefficient (Wildman–Crippen LogP) is 3.06. The average molecular weight is 296 g/mol. The van der Waals surface area contributed by atoms with Crippen molar-refractivity contribution in [3.05, 3.63) is 65.0 Å². The van der Waals surface area contributed by atoms with Crippen LogP contribution in [0.3, 0.4) is 0 Å². The van der Waals surface area contributed by atoms with Gasteiger partial charge in [-0.1, -0.05) is 18.2 Å². The first kappa shape index (κ1) is 15.3. The van der Waals surface area contributed by atoms with Gasteiger partial charge in [-0.05, 0) is 30.7 Å². The fourth-order valence-corrected chi connectivity index (χ4v) is 2.05. The largest absolute Gasteiger partial charge is 0.494 e. The topological polar surface area (TPSA) is 47.3 Å². The molecule has 0 fully saturated rings. The van der Waals surface area contributed by atoms with Crippen LogP contribution in [0.1, 0.15) is 24.1 Å². The second kappa shape index (κ2) is 6.60. The summed E-state index contributed by atoms with van der Waals surface area (Å²) in [4.78, 5) is 0. The molecule has 0 aliphatic rings. The molecular formula is C15H15F3N2O. The third-order valence-electron chi connectivity index (χ3n) is 3.07. The number of benzene rings is 2. The van der Waals surface area contributed by atoms with Gasteiger partial charge in [0.15, 0.2) is 17.5 Å². The number of hydrogen-bond acceptors (Lipinski definition) is 3. The van der Waals surface area contributed by atoms with Gasteiger partial charge < -0.3 is 4.74 Å². The summed E-state index contributed by atoms with van der Waals surface area (Å²) in [6, 6.07) is 7.98. The van der Waals surface area contributed by atoms with Crippen molar-refractivity contribution in [2.75, 3.05) is 6.61 Å². The first-order valence-corrected chi connectivity index (χ1v) is 6.40. The van der Waals surface area contributed by atoms with Crippen LogP contribution >= 0.6 is 0 Å². The summed E-state index contributed by atoms with van der Waals surface area (Å²) in [5, 5.41) is 0. The lowest BCUT2D eigenvalue weighted by molar-refractivity contribution is 0.340. The number of nitrogens with two attached hydrogens (primary N) is 1. The molecule has 0 aromatic heterocycles. The van der Waals surface area contributed by atoms with Gasteiger partial charge in [-0.25, -0.2) is 18.6 Å². The highest BCUT2D eigenvalue weighted by Gasteiger charge is 2.21. The van der Waals surface area contributed by atoms with Crippen LogP contribution in [0, 0.1) is 17.5 Å². The van der Waals surface area contributed by atoms with Crippen LogP contribution in [0.25, 0.3) is 0 Å². The number of hydrogen-bond donors (Lipinski definition) is 2. The second-order valence-corrected chi connectivity index (χ2v) is 4.37. The molecular weight excluding hydrogens is 281 g/mol. The molecule has 3 nitrogen and oxygen atoms in total. The van der Waals surface area contributed by atoms with Crippen molar-refractivity contribution in [3.8, 4) is 5.75 Å². The van der Waals surface area contributed by atoms with Crippen molar-refractivity contribution in [3.63, 3.8) is 0 Å². The van der Waals surface area contributed by atoms with E-state index in [1.165, 1.54) is 0 Å². The van der Waals surface area contributed by atoms with Crippen molar-refractivity contribution >= 4 is 0 Å². The van der Waals surface area contributed by atoms with E-state index in [-0.39, 0.29) is 5.56 Å². The van der Waals surface area contributed by atoms with Gasteiger partial charge in [0.25, 0.3) is 0 Å². The molecule has 6 heteroatoms. The number of halogens is 3. The molecule has 0 saturated heterocycles. The molecule has 2 rings (SSSR count). The van der Waals surface area contributed by atoms with Gasteiger partial charge in [-0.3, -0.25) is 5.84 Å². The van der Waals surface area contributed by atoms with Gasteiger partial charge >= 0.3 is 0 Å². The highest BCUT2D eigenvalue weighted by Crippen LogP contribution is 2.27. The summed E-state index contributed by atoms with van der Waals surface area (Å²) in [5.74, 6) is 2.07. The fourth-order valence-electron chi connectivity index (χ4n) is 2.05. The van der Waals surface area contributed by atoms with Crippen molar-refractivity contribution in [2.45, 2.75) is 13.0 Å². The summed E-state index contributed by atoms with van der Waals surface area (Å²) >= 11 is 0. The minimum absolute atomic E-state index is 0.0689. The van der Waals surface area contributed by atoms with Crippen LogP contribution in [0.5, 0.6) is 5.75 Å². The lowest BCUT2D eigenvalue weighted by Gasteiger charge is -2.18. The Hall–Kier alpha value is -2.05. The van der Waals surface area contributed by atoms with E-state index in [0.717, 1.165) is 12.1 Å². The molecule has 0 saturated carbocycles. The monoisotopic (exact) mass is 296 g/mol. The zero-order chi connectivity index (χ0) is 15.4. The fraction of sp³-hybridized carbons (Fsp3) is 0.200.